The minimum absolute atomic E-state index is 0.0431. The summed E-state index contributed by atoms with van der Waals surface area (Å²) in [6.45, 7) is 5.95. The van der Waals surface area contributed by atoms with Gasteiger partial charge in [0.1, 0.15) is 33.8 Å². The van der Waals surface area contributed by atoms with E-state index in [1.54, 1.807) is 12.5 Å². The predicted molar refractivity (Wildman–Crippen MR) is 142 cm³/mol. The van der Waals surface area contributed by atoms with Crippen molar-refractivity contribution in [1.29, 1.82) is 0 Å². The number of benzene rings is 2. The summed E-state index contributed by atoms with van der Waals surface area (Å²) in [5.74, 6) is 2.18. The summed E-state index contributed by atoms with van der Waals surface area (Å²) in [7, 11) is 0. The zero-order chi connectivity index (χ0) is 23.7. The Morgan fingerprint density at radius 1 is 0.941 bits per heavy atom. The highest BCUT2D eigenvalue weighted by Crippen LogP contribution is 2.30. The van der Waals surface area contributed by atoms with E-state index in [4.69, 9.17) is 9.47 Å². The lowest BCUT2D eigenvalue weighted by atomic mass is 10.1. The molecular weight excluding hydrogens is 543 g/mol. The van der Waals surface area contributed by atoms with Crippen LogP contribution in [0.5, 0.6) is 11.5 Å². The van der Waals surface area contributed by atoms with Gasteiger partial charge in [-0.15, -0.1) is 0 Å². The molecule has 0 saturated heterocycles. The summed E-state index contributed by atoms with van der Waals surface area (Å²) in [6.07, 6.45) is 3.32. The van der Waals surface area contributed by atoms with E-state index in [0.29, 0.717) is 17.6 Å². The topological polar surface area (TPSA) is 93.6 Å². The van der Waals surface area contributed by atoms with E-state index in [2.05, 4.69) is 53.2 Å². The van der Waals surface area contributed by atoms with Crippen LogP contribution in [0.2, 0.25) is 0 Å². The van der Waals surface area contributed by atoms with Crippen LogP contribution in [0.1, 0.15) is 18.2 Å². The second-order valence-corrected chi connectivity index (χ2v) is 9.33. The summed E-state index contributed by atoms with van der Waals surface area (Å²) in [5, 5.41) is 7.54. The van der Waals surface area contributed by atoms with Crippen molar-refractivity contribution in [2.24, 2.45) is 4.99 Å². The number of anilines is 3. The lowest BCUT2D eigenvalue weighted by molar-refractivity contribution is 0.240. The van der Waals surface area contributed by atoms with Crippen LogP contribution in [0.25, 0.3) is 10.9 Å². The molecule has 9 heteroatoms. The van der Waals surface area contributed by atoms with Crippen LogP contribution in [0.4, 0.5) is 17.2 Å². The van der Waals surface area contributed by atoms with E-state index in [-0.39, 0.29) is 10.2 Å². The molecule has 0 saturated carbocycles. The average Bonchev–Trinajstić information content (AvgIpc) is 3.14. The Kier molecular flexibility index (Phi) is 6.18. The minimum atomic E-state index is 0.0431. The Labute approximate surface area is 211 Å². The lowest BCUT2D eigenvalue weighted by Gasteiger charge is -2.13. The number of nitrogens with one attached hydrogen (secondary N) is 2. The third-order valence-electron chi connectivity index (χ3n) is 5.36. The molecule has 0 radical (unpaired) electrons. The molecule has 1 unspecified atom stereocenters. The fourth-order valence-corrected chi connectivity index (χ4v) is 3.92. The predicted octanol–water partition coefficient (Wildman–Crippen LogP) is 6.13. The maximum Gasteiger partial charge on any atom is 0.290 e. The highest BCUT2D eigenvalue weighted by molar-refractivity contribution is 14.1. The Hall–Kier alpha value is -3.47. The van der Waals surface area contributed by atoms with Gasteiger partial charge in [-0.2, -0.15) is 0 Å². The molecule has 34 heavy (non-hydrogen) atoms. The summed E-state index contributed by atoms with van der Waals surface area (Å²) < 4.78 is 11.8. The number of rotatable bonds is 5. The molecule has 172 valence electrons. The molecule has 2 aromatic carbocycles. The number of aromatic nitrogens is 3. The normalized spacial score (nSPS) is 17.2. The van der Waals surface area contributed by atoms with Gasteiger partial charge in [0.05, 0.1) is 11.7 Å². The standard InChI is InChI=1S/C25H23IN6O2/c1-14-10-17(6-9-22(14)34-19-7-4-15(2)27-12-19)30-24-20-11-18(5-8-21(20)28-13-29-24)31-25-32-23(26)16(3)33-25/h4-13,16,23H,1-3H3,(H,31,32)(H,28,29,30)/t16-,23?/m0/s1. The van der Waals surface area contributed by atoms with Gasteiger partial charge in [-0.3, -0.25) is 4.98 Å². The van der Waals surface area contributed by atoms with Gasteiger partial charge in [-0.1, -0.05) is 22.6 Å². The first kappa shape index (κ1) is 22.3. The maximum atomic E-state index is 5.99. The molecule has 2 aromatic heterocycles. The summed E-state index contributed by atoms with van der Waals surface area (Å²) in [4.78, 5) is 17.6. The molecule has 0 fully saturated rings. The lowest BCUT2D eigenvalue weighted by Crippen LogP contribution is -2.16. The number of aliphatic imine (C=N–C) groups is 1. The van der Waals surface area contributed by atoms with Crippen LogP contribution >= 0.6 is 22.6 Å². The van der Waals surface area contributed by atoms with Gasteiger partial charge in [-0.25, -0.2) is 15.0 Å². The number of nitrogens with zero attached hydrogens (tertiary/aromatic N) is 4. The van der Waals surface area contributed by atoms with E-state index in [9.17, 15) is 0 Å². The Morgan fingerprint density at radius 2 is 1.76 bits per heavy atom. The van der Waals surface area contributed by atoms with Gasteiger partial charge >= 0.3 is 0 Å². The quantitative estimate of drug-likeness (QED) is 0.171. The molecule has 0 bridgehead atoms. The van der Waals surface area contributed by atoms with Gasteiger partial charge in [0, 0.05) is 22.5 Å². The smallest absolute Gasteiger partial charge is 0.290 e. The van der Waals surface area contributed by atoms with Crippen LogP contribution in [0.15, 0.2) is 66.0 Å². The number of amidine groups is 1. The zero-order valence-electron chi connectivity index (χ0n) is 18.9. The Bertz CT molecular complexity index is 1380. The van der Waals surface area contributed by atoms with Gasteiger partial charge in [0.15, 0.2) is 0 Å². The SMILES string of the molecule is Cc1ccc(Oc2ccc(Nc3ncnc4ccc(NC5=NC(I)[C@H](C)O5)cc34)cc2C)cn1. The van der Waals surface area contributed by atoms with Crippen LogP contribution in [0.3, 0.4) is 0 Å². The largest absolute Gasteiger partial charge is 0.459 e. The van der Waals surface area contributed by atoms with Crippen LogP contribution < -0.4 is 15.4 Å². The molecule has 0 spiro atoms. The van der Waals surface area contributed by atoms with Crippen molar-refractivity contribution in [2.45, 2.75) is 30.9 Å². The van der Waals surface area contributed by atoms with E-state index in [1.165, 1.54) is 0 Å². The van der Waals surface area contributed by atoms with Gasteiger partial charge in [0.25, 0.3) is 6.02 Å². The number of fused-ring (bicyclic) bond motifs is 1. The van der Waals surface area contributed by atoms with Gasteiger partial charge in [0.2, 0.25) is 0 Å². The van der Waals surface area contributed by atoms with Crippen LogP contribution in [-0.2, 0) is 4.74 Å². The number of pyridine rings is 1. The summed E-state index contributed by atoms with van der Waals surface area (Å²) in [5.41, 5.74) is 4.53. The van der Waals surface area contributed by atoms with Crippen molar-refractivity contribution in [3.63, 3.8) is 0 Å². The van der Waals surface area contributed by atoms with Crippen LogP contribution in [0, 0.1) is 13.8 Å². The summed E-state index contributed by atoms with van der Waals surface area (Å²) in [6, 6.07) is 16.2. The van der Waals surface area contributed by atoms with E-state index in [0.717, 1.165) is 39.3 Å². The molecule has 2 N–H and O–H groups in total. The molecule has 1 aliphatic heterocycles. The van der Waals surface area contributed by atoms with Crippen molar-refractivity contribution < 1.29 is 9.47 Å². The molecule has 0 amide bonds. The molecule has 4 aromatic rings. The Morgan fingerprint density at radius 3 is 2.50 bits per heavy atom. The number of hydrogen-bond acceptors (Lipinski definition) is 8. The highest BCUT2D eigenvalue weighted by atomic mass is 127. The Balaban J connectivity index is 1.37. The number of aryl methyl sites for hydroxylation is 2. The van der Waals surface area contributed by atoms with Crippen molar-refractivity contribution in [3.8, 4) is 11.5 Å². The fourth-order valence-electron chi connectivity index (χ4n) is 3.52. The first-order chi connectivity index (χ1) is 16.4. The average molecular weight is 566 g/mol. The fraction of sp³-hybridized carbons (Fsp3) is 0.200. The third kappa shape index (κ3) is 4.89. The second-order valence-electron chi connectivity index (χ2n) is 8.05. The molecule has 3 heterocycles. The first-order valence-corrected chi connectivity index (χ1v) is 12.1. The zero-order valence-corrected chi connectivity index (χ0v) is 21.1. The van der Waals surface area contributed by atoms with E-state index >= 15 is 0 Å². The number of ether oxygens (including phenoxy) is 2. The van der Waals surface area contributed by atoms with E-state index < -0.39 is 0 Å². The third-order valence-corrected chi connectivity index (χ3v) is 6.65. The summed E-state index contributed by atoms with van der Waals surface area (Å²) >= 11 is 2.27. The van der Waals surface area contributed by atoms with E-state index in [1.807, 2.05) is 69.3 Å². The number of hydrogen-bond donors (Lipinski definition) is 2. The van der Waals surface area contributed by atoms with Crippen molar-refractivity contribution in [1.82, 2.24) is 15.0 Å². The highest BCUT2D eigenvalue weighted by Gasteiger charge is 2.24. The van der Waals surface area contributed by atoms with Gasteiger partial charge < -0.3 is 20.1 Å². The first-order valence-electron chi connectivity index (χ1n) is 10.8. The van der Waals surface area contributed by atoms with Crippen molar-refractivity contribution in [3.05, 3.63) is 72.3 Å². The molecule has 0 aliphatic carbocycles. The second kappa shape index (κ2) is 9.41. The number of halogens is 1. The molecule has 8 nitrogen and oxygen atoms in total. The molecular formula is C25H23IN6O2. The molecule has 2 atom stereocenters. The maximum absolute atomic E-state index is 5.99. The van der Waals surface area contributed by atoms with Gasteiger partial charge in [-0.05, 0) is 74.9 Å². The van der Waals surface area contributed by atoms with Crippen molar-refractivity contribution in [2.75, 3.05) is 10.6 Å². The number of alkyl halides is 1. The van der Waals surface area contributed by atoms with Crippen LogP contribution in [-0.4, -0.2) is 31.1 Å². The molecule has 1 aliphatic rings. The minimum Gasteiger partial charge on any atom is -0.459 e. The monoisotopic (exact) mass is 566 g/mol. The van der Waals surface area contributed by atoms with Crippen molar-refractivity contribution >= 4 is 56.7 Å². The molecule has 5 rings (SSSR count).